The van der Waals surface area contributed by atoms with Crippen molar-refractivity contribution >= 4 is 6.03 Å². The lowest BCUT2D eigenvalue weighted by Crippen LogP contribution is -2.48. The van der Waals surface area contributed by atoms with Gasteiger partial charge in [-0.05, 0) is 0 Å². The van der Waals surface area contributed by atoms with Crippen molar-refractivity contribution in [3.8, 4) is 0 Å². The predicted octanol–water partition coefficient (Wildman–Crippen LogP) is -1.11. The van der Waals surface area contributed by atoms with Gasteiger partial charge < -0.3 is 20.9 Å². The van der Waals surface area contributed by atoms with Gasteiger partial charge in [-0.3, -0.25) is 0 Å². The molecule has 2 amide bonds. The molecule has 0 spiro atoms. The third-order valence-electron chi connectivity index (χ3n) is 2.50. The van der Waals surface area contributed by atoms with Crippen molar-refractivity contribution in [1.29, 1.82) is 0 Å². The van der Waals surface area contributed by atoms with Crippen LogP contribution in [0.3, 0.4) is 0 Å². The molecule has 1 unspecified atom stereocenters. The van der Waals surface area contributed by atoms with Crippen LogP contribution in [0.2, 0.25) is 0 Å². The van der Waals surface area contributed by atoms with Crippen LogP contribution in [0.15, 0.2) is 12.4 Å². The van der Waals surface area contributed by atoms with Crippen LogP contribution in [0.4, 0.5) is 4.79 Å². The van der Waals surface area contributed by atoms with Gasteiger partial charge in [0.05, 0.1) is 6.54 Å². The van der Waals surface area contributed by atoms with Crippen LogP contribution in [-0.4, -0.2) is 28.7 Å². The average Bonchev–Trinajstić information content (AvgIpc) is 2.73. The van der Waals surface area contributed by atoms with Gasteiger partial charge in [0, 0.05) is 26.0 Å². The van der Waals surface area contributed by atoms with Crippen LogP contribution in [-0.2, 0) is 12.6 Å². The van der Waals surface area contributed by atoms with Gasteiger partial charge >= 0.3 is 6.03 Å². The maximum absolute atomic E-state index is 11.1. The Bertz CT molecular complexity index is 360. The van der Waals surface area contributed by atoms with Gasteiger partial charge in [-0.25, -0.2) is 9.78 Å². The maximum atomic E-state index is 11.1. The largest absolute Gasteiger partial charge is 0.336 e. The first kappa shape index (κ1) is 9.01. The van der Waals surface area contributed by atoms with Crippen molar-refractivity contribution < 1.29 is 4.79 Å². The molecule has 1 aliphatic heterocycles. The lowest BCUT2D eigenvalue weighted by atomic mass is 10.0. The summed E-state index contributed by atoms with van der Waals surface area (Å²) in [6.45, 7) is 0.809. The highest BCUT2D eigenvalue weighted by Crippen LogP contribution is 2.19. The zero-order chi connectivity index (χ0) is 10.2. The van der Waals surface area contributed by atoms with Gasteiger partial charge in [-0.2, -0.15) is 0 Å². The minimum Gasteiger partial charge on any atom is -0.336 e. The first-order chi connectivity index (χ1) is 6.68. The summed E-state index contributed by atoms with van der Waals surface area (Å²) in [6, 6.07) is -0.196. The van der Waals surface area contributed by atoms with Crippen LogP contribution in [0.25, 0.3) is 0 Å². The van der Waals surface area contributed by atoms with E-state index in [0.717, 1.165) is 5.82 Å². The molecule has 0 aromatic carbocycles. The van der Waals surface area contributed by atoms with Gasteiger partial charge in [0.15, 0.2) is 0 Å². The molecule has 6 nitrogen and oxygen atoms in total. The second-order valence-electron chi connectivity index (χ2n) is 3.46. The Morgan fingerprint density at radius 3 is 3.00 bits per heavy atom. The molecule has 2 heterocycles. The number of nitrogens with one attached hydrogen (secondary N) is 2. The second-order valence-corrected chi connectivity index (χ2v) is 3.46. The number of imidazole rings is 1. The molecule has 1 atom stereocenters. The fraction of sp³-hybridized carbons (Fsp3) is 0.500. The van der Waals surface area contributed by atoms with E-state index >= 15 is 0 Å². The van der Waals surface area contributed by atoms with Gasteiger partial charge in [0.1, 0.15) is 11.4 Å². The molecule has 1 aliphatic rings. The topological polar surface area (TPSA) is 85.0 Å². The summed E-state index contributed by atoms with van der Waals surface area (Å²) in [5, 5.41) is 5.50. The van der Waals surface area contributed by atoms with Crippen molar-refractivity contribution in [2.24, 2.45) is 12.8 Å². The molecule has 0 bridgehead atoms. The van der Waals surface area contributed by atoms with Gasteiger partial charge in [-0.15, -0.1) is 0 Å². The summed E-state index contributed by atoms with van der Waals surface area (Å²) in [5.41, 5.74) is 5.12. The Labute approximate surface area is 81.5 Å². The number of hydrogen-bond donors (Lipinski definition) is 3. The van der Waals surface area contributed by atoms with E-state index in [2.05, 4.69) is 15.6 Å². The van der Waals surface area contributed by atoms with Crippen LogP contribution in [0.1, 0.15) is 5.82 Å². The van der Waals surface area contributed by atoms with E-state index in [4.69, 9.17) is 5.73 Å². The summed E-state index contributed by atoms with van der Waals surface area (Å²) < 4.78 is 1.86. The lowest BCUT2D eigenvalue weighted by Gasteiger charge is -2.25. The summed E-state index contributed by atoms with van der Waals surface area (Å²) in [4.78, 5) is 15.3. The first-order valence-corrected chi connectivity index (χ1v) is 4.42. The Morgan fingerprint density at radius 2 is 2.57 bits per heavy atom. The third kappa shape index (κ3) is 1.15. The molecular formula is C8H13N5O. The minimum absolute atomic E-state index is 0.196. The number of aryl methyl sites for hydroxylation is 1. The Morgan fingerprint density at radius 1 is 1.79 bits per heavy atom. The molecule has 6 heteroatoms. The van der Waals surface area contributed by atoms with Gasteiger partial charge in [-0.1, -0.05) is 0 Å². The molecule has 0 aliphatic carbocycles. The SMILES string of the molecule is Cn1ccnc1C1(CN)CNC(=O)N1. The number of carbonyl (C=O) groups excluding carboxylic acids is 1. The number of rotatable bonds is 2. The lowest BCUT2D eigenvalue weighted by molar-refractivity contribution is 0.244. The fourth-order valence-corrected chi connectivity index (χ4v) is 1.71. The van der Waals surface area contributed by atoms with Gasteiger partial charge in [0.25, 0.3) is 0 Å². The number of amides is 2. The molecule has 1 fully saturated rings. The van der Waals surface area contributed by atoms with Crippen LogP contribution < -0.4 is 16.4 Å². The Kier molecular flexibility index (Phi) is 1.92. The summed E-state index contributed by atoms with van der Waals surface area (Å²) in [7, 11) is 1.88. The van der Waals surface area contributed by atoms with E-state index < -0.39 is 5.54 Å². The van der Waals surface area contributed by atoms with E-state index in [1.165, 1.54) is 0 Å². The smallest absolute Gasteiger partial charge is 0.315 e. The Hall–Kier alpha value is -1.56. The molecule has 1 aromatic rings. The van der Waals surface area contributed by atoms with Crippen molar-refractivity contribution in [2.45, 2.75) is 5.54 Å². The molecular weight excluding hydrogens is 182 g/mol. The first-order valence-electron chi connectivity index (χ1n) is 4.42. The third-order valence-corrected chi connectivity index (χ3v) is 2.50. The zero-order valence-corrected chi connectivity index (χ0v) is 7.95. The van der Waals surface area contributed by atoms with Crippen molar-refractivity contribution in [3.05, 3.63) is 18.2 Å². The number of urea groups is 1. The number of nitrogens with two attached hydrogens (primary N) is 1. The quantitative estimate of drug-likeness (QED) is 0.559. The molecule has 1 aromatic heterocycles. The summed E-state index contributed by atoms with van der Waals surface area (Å²) >= 11 is 0. The zero-order valence-electron chi connectivity index (χ0n) is 7.95. The predicted molar refractivity (Wildman–Crippen MR) is 50.5 cm³/mol. The van der Waals surface area contributed by atoms with Crippen molar-refractivity contribution in [3.63, 3.8) is 0 Å². The maximum Gasteiger partial charge on any atom is 0.315 e. The van der Waals surface area contributed by atoms with Crippen molar-refractivity contribution in [1.82, 2.24) is 20.2 Å². The second kappa shape index (κ2) is 2.98. The molecule has 76 valence electrons. The van der Waals surface area contributed by atoms with Crippen LogP contribution >= 0.6 is 0 Å². The normalized spacial score (nSPS) is 26.0. The Balaban J connectivity index is 2.39. The van der Waals surface area contributed by atoms with Crippen LogP contribution in [0, 0.1) is 0 Å². The van der Waals surface area contributed by atoms with Gasteiger partial charge in [0.2, 0.25) is 0 Å². The highest BCUT2D eigenvalue weighted by Gasteiger charge is 2.41. The van der Waals surface area contributed by atoms with Crippen molar-refractivity contribution in [2.75, 3.05) is 13.1 Å². The summed E-state index contributed by atoms with van der Waals surface area (Å²) in [5.74, 6) is 0.776. The highest BCUT2D eigenvalue weighted by molar-refractivity contribution is 5.77. The molecule has 1 saturated heterocycles. The molecule has 4 N–H and O–H groups in total. The number of nitrogens with zero attached hydrogens (tertiary/aromatic N) is 2. The standard InChI is InChI=1S/C8H13N5O/c1-13-3-2-10-6(13)8(4-9)5-11-7(14)12-8/h2-3H,4-5,9H2,1H3,(H2,11,12,14). The van der Waals surface area contributed by atoms with E-state index in [9.17, 15) is 4.79 Å². The van der Waals surface area contributed by atoms with E-state index in [0.29, 0.717) is 13.1 Å². The average molecular weight is 195 g/mol. The van der Waals surface area contributed by atoms with E-state index in [1.54, 1.807) is 6.20 Å². The van der Waals surface area contributed by atoms with Crippen LogP contribution in [0.5, 0.6) is 0 Å². The fourth-order valence-electron chi connectivity index (χ4n) is 1.71. The van der Waals surface area contributed by atoms with E-state index in [1.807, 2.05) is 17.8 Å². The molecule has 14 heavy (non-hydrogen) atoms. The van der Waals surface area contributed by atoms with E-state index in [-0.39, 0.29) is 6.03 Å². The number of hydrogen-bond acceptors (Lipinski definition) is 3. The highest BCUT2D eigenvalue weighted by atomic mass is 16.2. The molecule has 0 radical (unpaired) electrons. The minimum atomic E-state index is -0.560. The number of carbonyl (C=O) groups is 1. The number of aromatic nitrogens is 2. The molecule has 0 saturated carbocycles. The summed E-state index contributed by atoms with van der Waals surface area (Å²) in [6.07, 6.45) is 3.52. The monoisotopic (exact) mass is 195 g/mol. The molecule has 2 rings (SSSR count).